The molecule has 0 spiro atoms. The molecule has 0 saturated carbocycles. The fraction of sp³-hybridized carbons (Fsp3) is 0.550. The summed E-state index contributed by atoms with van der Waals surface area (Å²) in [7, 11) is 0. The molecule has 0 radical (unpaired) electrons. The molecule has 0 aliphatic carbocycles. The minimum atomic E-state index is -0.304. The fourth-order valence-electron chi connectivity index (χ4n) is 3.90. The molecule has 2 saturated heterocycles. The van der Waals surface area contributed by atoms with Gasteiger partial charge in [0.1, 0.15) is 6.04 Å². The van der Waals surface area contributed by atoms with Gasteiger partial charge in [-0.05, 0) is 25.0 Å². The van der Waals surface area contributed by atoms with Gasteiger partial charge in [0.2, 0.25) is 17.8 Å². The van der Waals surface area contributed by atoms with Gasteiger partial charge in [-0.3, -0.25) is 9.59 Å². The Labute approximate surface area is 169 Å². The summed E-state index contributed by atoms with van der Waals surface area (Å²) in [5, 5.41) is 0. The Morgan fingerprint density at radius 3 is 2.89 bits per heavy atom. The third-order valence-electron chi connectivity index (χ3n) is 5.44. The van der Waals surface area contributed by atoms with Gasteiger partial charge in [0, 0.05) is 38.4 Å². The highest BCUT2D eigenvalue weighted by molar-refractivity contribution is 7.99. The number of aromatic nitrogens is 2. The number of hydrogen-bond acceptors (Lipinski definition) is 5. The quantitative estimate of drug-likeness (QED) is 0.851. The average Bonchev–Trinajstić information content (AvgIpc) is 3.29. The van der Waals surface area contributed by atoms with Gasteiger partial charge in [0.25, 0.3) is 0 Å². The topological polar surface area (TPSA) is 72.5 Å². The first-order chi connectivity index (χ1) is 13.7. The molecule has 2 aliphatic rings. The number of hydrogen-bond donors (Lipinski definition) is 1. The normalized spacial score (nSPS) is 20.6. The maximum Gasteiger partial charge on any atom is 0.246 e. The summed E-state index contributed by atoms with van der Waals surface area (Å²) in [6.45, 7) is 4.99. The van der Waals surface area contributed by atoms with Gasteiger partial charge in [-0.25, -0.2) is 4.98 Å². The minimum Gasteiger partial charge on any atom is -0.341 e. The summed E-state index contributed by atoms with van der Waals surface area (Å²) in [5.74, 6) is 2.41. The van der Waals surface area contributed by atoms with E-state index >= 15 is 0 Å². The van der Waals surface area contributed by atoms with Crippen LogP contribution in [0.25, 0.3) is 11.0 Å². The van der Waals surface area contributed by atoms with Crippen molar-refractivity contribution in [3.8, 4) is 0 Å². The van der Waals surface area contributed by atoms with Crippen molar-refractivity contribution in [3.05, 3.63) is 24.3 Å². The lowest BCUT2D eigenvalue weighted by Gasteiger charge is -2.29. The van der Waals surface area contributed by atoms with Crippen molar-refractivity contribution in [1.82, 2.24) is 19.8 Å². The standard InChI is InChI=1S/C20H27N5O2S/c1-2-6-18(26)25-14-28-13-17(25)19(27)23-9-5-10-24(12-11-23)20-21-15-7-3-4-8-16(15)22-20/h3-4,7-8,17H,2,5-6,9-14H2,1H3,(H,21,22). The van der Waals surface area contributed by atoms with Crippen LogP contribution in [0.2, 0.25) is 0 Å². The number of fused-ring (bicyclic) bond motifs is 1. The van der Waals surface area contributed by atoms with E-state index in [0.29, 0.717) is 24.6 Å². The summed E-state index contributed by atoms with van der Waals surface area (Å²) in [4.78, 5) is 39.5. The van der Waals surface area contributed by atoms with Crippen molar-refractivity contribution in [3.63, 3.8) is 0 Å². The zero-order valence-corrected chi connectivity index (χ0v) is 17.1. The van der Waals surface area contributed by atoms with Crippen molar-refractivity contribution < 1.29 is 9.59 Å². The van der Waals surface area contributed by atoms with E-state index in [1.807, 2.05) is 36.1 Å². The number of nitrogens with one attached hydrogen (secondary N) is 1. The van der Waals surface area contributed by atoms with Crippen LogP contribution in [0.15, 0.2) is 24.3 Å². The highest BCUT2D eigenvalue weighted by atomic mass is 32.2. The van der Waals surface area contributed by atoms with Gasteiger partial charge in [-0.1, -0.05) is 19.1 Å². The van der Waals surface area contributed by atoms with Crippen LogP contribution in [0, 0.1) is 0 Å². The molecule has 2 fully saturated rings. The first-order valence-electron chi connectivity index (χ1n) is 10.0. The smallest absolute Gasteiger partial charge is 0.246 e. The van der Waals surface area contributed by atoms with Crippen LogP contribution in [0.1, 0.15) is 26.2 Å². The molecular weight excluding hydrogens is 374 g/mol. The van der Waals surface area contributed by atoms with Crippen LogP contribution in [0.3, 0.4) is 0 Å². The first-order valence-corrected chi connectivity index (χ1v) is 11.2. The van der Waals surface area contributed by atoms with E-state index in [1.165, 1.54) is 0 Å². The fourth-order valence-corrected chi connectivity index (χ4v) is 5.07. The Morgan fingerprint density at radius 1 is 1.21 bits per heavy atom. The maximum absolute atomic E-state index is 13.1. The van der Waals surface area contributed by atoms with Crippen molar-refractivity contribution in [2.45, 2.75) is 32.2 Å². The number of benzene rings is 1. The van der Waals surface area contributed by atoms with Gasteiger partial charge in [-0.2, -0.15) is 0 Å². The lowest BCUT2D eigenvalue weighted by atomic mass is 10.2. The lowest BCUT2D eigenvalue weighted by molar-refractivity contribution is -0.143. The van der Waals surface area contributed by atoms with E-state index < -0.39 is 0 Å². The van der Waals surface area contributed by atoms with Crippen molar-refractivity contribution in [1.29, 1.82) is 0 Å². The zero-order valence-electron chi connectivity index (χ0n) is 16.3. The number of carbonyl (C=O) groups excluding carboxylic acids is 2. The summed E-state index contributed by atoms with van der Waals surface area (Å²) in [5.41, 5.74) is 1.99. The predicted molar refractivity (Wildman–Crippen MR) is 112 cm³/mol. The Morgan fingerprint density at radius 2 is 2.07 bits per heavy atom. The molecule has 3 heterocycles. The van der Waals surface area contributed by atoms with Crippen LogP contribution >= 0.6 is 11.8 Å². The second-order valence-electron chi connectivity index (χ2n) is 7.37. The van der Waals surface area contributed by atoms with E-state index in [1.54, 1.807) is 16.7 Å². The number of H-pyrrole nitrogens is 1. The molecule has 1 aromatic carbocycles. The number of amides is 2. The highest BCUT2D eigenvalue weighted by Gasteiger charge is 2.37. The van der Waals surface area contributed by atoms with E-state index in [-0.39, 0.29) is 17.9 Å². The molecule has 1 aromatic heterocycles. The molecule has 1 atom stereocenters. The van der Waals surface area contributed by atoms with E-state index in [4.69, 9.17) is 4.98 Å². The van der Waals surface area contributed by atoms with Crippen LogP contribution in [0.5, 0.6) is 0 Å². The molecule has 7 nitrogen and oxygen atoms in total. The summed E-state index contributed by atoms with van der Waals surface area (Å²) in [6, 6.07) is 7.71. The predicted octanol–water partition coefficient (Wildman–Crippen LogP) is 2.30. The van der Waals surface area contributed by atoms with E-state index in [0.717, 1.165) is 49.5 Å². The molecule has 8 heteroatoms. The highest BCUT2D eigenvalue weighted by Crippen LogP contribution is 2.25. The van der Waals surface area contributed by atoms with Gasteiger partial charge in [-0.15, -0.1) is 11.8 Å². The molecule has 2 aromatic rings. The number of rotatable bonds is 4. The molecule has 2 amide bonds. The summed E-state index contributed by atoms with van der Waals surface area (Å²) in [6.07, 6.45) is 2.23. The third-order valence-corrected chi connectivity index (χ3v) is 6.45. The molecule has 1 unspecified atom stereocenters. The number of anilines is 1. The Hall–Kier alpha value is -2.22. The molecule has 4 rings (SSSR count). The average molecular weight is 402 g/mol. The van der Waals surface area contributed by atoms with Crippen LogP contribution in [-0.4, -0.2) is 75.4 Å². The molecule has 1 N–H and O–H groups in total. The monoisotopic (exact) mass is 401 g/mol. The Bertz CT molecular complexity index is 821. The van der Waals surface area contributed by atoms with E-state index in [2.05, 4.69) is 9.88 Å². The zero-order chi connectivity index (χ0) is 19.5. The number of para-hydroxylation sites is 2. The number of imidazole rings is 1. The van der Waals surface area contributed by atoms with Gasteiger partial charge in [0.05, 0.1) is 16.9 Å². The van der Waals surface area contributed by atoms with Gasteiger partial charge in [0.15, 0.2) is 0 Å². The second kappa shape index (κ2) is 8.43. The second-order valence-corrected chi connectivity index (χ2v) is 8.37. The SMILES string of the molecule is CCCC(=O)N1CSCC1C(=O)N1CCCN(c2nc3ccccc3[nH]2)CC1. The number of aromatic amines is 1. The number of carbonyl (C=O) groups is 2. The van der Waals surface area contributed by atoms with Gasteiger partial charge < -0.3 is 19.7 Å². The maximum atomic E-state index is 13.1. The third kappa shape index (κ3) is 3.83. The van der Waals surface area contributed by atoms with Crippen molar-refractivity contribution >= 4 is 40.6 Å². The van der Waals surface area contributed by atoms with E-state index in [9.17, 15) is 9.59 Å². The number of nitrogens with zero attached hydrogens (tertiary/aromatic N) is 4. The summed E-state index contributed by atoms with van der Waals surface area (Å²) < 4.78 is 0. The first kappa shape index (κ1) is 19.1. The molecule has 2 aliphatic heterocycles. The molecule has 28 heavy (non-hydrogen) atoms. The van der Waals surface area contributed by atoms with Crippen LogP contribution < -0.4 is 4.90 Å². The van der Waals surface area contributed by atoms with Crippen LogP contribution in [0.4, 0.5) is 5.95 Å². The molecular formula is C20H27N5O2S. The minimum absolute atomic E-state index is 0.0981. The van der Waals surface area contributed by atoms with Crippen LogP contribution in [-0.2, 0) is 9.59 Å². The van der Waals surface area contributed by atoms with Crippen molar-refractivity contribution in [2.24, 2.45) is 0 Å². The number of thioether (sulfide) groups is 1. The largest absolute Gasteiger partial charge is 0.341 e. The Kier molecular flexibility index (Phi) is 5.75. The lowest BCUT2D eigenvalue weighted by Crippen LogP contribution is -2.49. The van der Waals surface area contributed by atoms with Crippen molar-refractivity contribution in [2.75, 3.05) is 42.7 Å². The molecule has 0 bridgehead atoms. The summed E-state index contributed by atoms with van der Waals surface area (Å²) >= 11 is 1.67. The molecule has 150 valence electrons. The van der Waals surface area contributed by atoms with Gasteiger partial charge >= 0.3 is 0 Å². The Balaban J connectivity index is 1.42.